The van der Waals surface area contributed by atoms with Crippen LogP contribution >= 0.6 is 15.9 Å². The van der Waals surface area contributed by atoms with Crippen molar-refractivity contribution in [3.8, 4) is 0 Å². The first-order valence-corrected chi connectivity index (χ1v) is 10.2. The van der Waals surface area contributed by atoms with E-state index in [1.165, 1.54) is 5.56 Å². The summed E-state index contributed by atoms with van der Waals surface area (Å²) in [7, 11) is -3.37. The summed E-state index contributed by atoms with van der Waals surface area (Å²) >= 11 is 3.48. The van der Waals surface area contributed by atoms with Crippen molar-refractivity contribution >= 4 is 26.0 Å². The van der Waals surface area contributed by atoms with Crippen LogP contribution in [0.5, 0.6) is 0 Å². The molecule has 1 aromatic carbocycles. The Morgan fingerprint density at radius 3 is 2.32 bits per heavy atom. The van der Waals surface area contributed by atoms with Gasteiger partial charge in [0.15, 0.2) is 0 Å². The van der Waals surface area contributed by atoms with Gasteiger partial charge in [0.05, 0.1) is 25.1 Å². The van der Waals surface area contributed by atoms with Crippen molar-refractivity contribution in [2.24, 2.45) is 0 Å². The van der Waals surface area contributed by atoms with Crippen molar-refractivity contribution in [1.82, 2.24) is 0 Å². The van der Waals surface area contributed by atoms with Gasteiger partial charge in [-0.2, -0.15) is 8.42 Å². The number of benzene rings is 1. The molecule has 0 atom stereocenters. The van der Waals surface area contributed by atoms with Gasteiger partial charge in [-0.1, -0.05) is 28.1 Å². The Kier molecular flexibility index (Phi) is 4.40. The van der Waals surface area contributed by atoms with E-state index >= 15 is 0 Å². The number of hydrogen-bond donors (Lipinski definition) is 0. The molecule has 22 heavy (non-hydrogen) atoms. The van der Waals surface area contributed by atoms with Crippen LogP contribution in [-0.4, -0.2) is 33.5 Å². The molecule has 0 unspecified atom stereocenters. The highest BCUT2D eigenvalue weighted by Crippen LogP contribution is 2.51. The molecule has 2 aliphatic heterocycles. The van der Waals surface area contributed by atoms with Gasteiger partial charge in [-0.05, 0) is 43.4 Å². The summed E-state index contributed by atoms with van der Waals surface area (Å²) in [6.07, 6.45) is 5.86. The lowest BCUT2D eigenvalue weighted by Gasteiger charge is -2.53. The predicted octanol–water partition coefficient (Wildman–Crippen LogP) is 3.40. The average molecular weight is 389 g/mol. The first-order valence-electron chi connectivity index (χ1n) is 7.57. The maximum Gasteiger partial charge on any atom is 0.264 e. The quantitative estimate of drug-likeness (QED) is 0.725. The van der Waals surface area contributed by atoms with Crippen LogP contribution < -0.4 is 0 Å². The van der Waals surface area contributed by atoms with Gasteiger partial charge in [-0.25, -0.2) is 0 Å². The molecular formula is C16H21BrO4S. The van der Waals surface area contributed by atoms with Crippen molar-refractivity contribution in [3.63, 3.8) is 0 Å². The van der Waals surface area contributed by atoms with E-state index in [1.54, 1.807) is 0 Å². The number of fused-ring (bicyclic) bond motifs is 3. The number of hydrogen-bond acceptors (Lipinski definition) is 4. The first kappa shape index (κ1) is 16.4. The summed E-state index contributed by atoms with van der Waals surface area (Å²) in [5.41, 5.74) is 1.28. The maximum atomic E-state index is 11.1. The molecule has 4 nitrogen and oxygen atoms in total. The molecule has 1 aliphatic carbocycles. The van der Waals surface area contributed by atoms with Gasteiger partial charge in [0.2, 0.25) is 0 Å². The number of halogens is 1. The standard InChI is InChI=1S/C16H21BrO4S/c1-22(18,19)21-11-10-16-8-6-15(7-9-16,12-20-16)13-2-4-14(17)5-3-13/h2-5H,6-12H2,1H3. The molecule has 3 aliphatic rings. The fraction of sp³-hybridized carbons (Fsp3) is 0.625. The van der Waals surface area contributed by atoms with Crippen molar-refractivity contribution in [3.05, 3.63) is 34.3 Å². The predicted molar refractivity (Wildman–Crippen MR) is 88.4 cm³/mol. The molecule has 0 spiro atoms. The topological polar surface area (TPSA) is 52.6 Å². The van der Waals surface area contributed by atoms with E-state index in [1.807, 2.05) is 0 Å². The molecule has 0 radical (unpaired) electrons. The van der Waals surface area contributed by atoms with Crippen LogP contribution in [0.3, 0.4) is 0 Å². The first-order chi connectivity index (χ1) is 10.3. The summed E-state index contributed by atoms with van der Waals surface area (Å²) in [5, 5.41) is 0. The molecule has 0 amide bonds. The molecule has 2 bridgehead atoms. The lowest BCUT2D eigenvalue weighted by atomic mass is 9.62. The van der Waals surface area contributed by atoms with Gasteiger partial charge in [-0.3, -0.25) is 4.18 Å². The zero-order chi connectivity index (χ0) is 15.8. The van der Waals surface area contributed by atoms with E-state index in [-0.39, 0.29) is 17.6 Å². The Bertz CT molecular complexity index is 614. The van der Waals surface area contributed by atoms with Gasteiger partial charge < -0.3 is 4.74 Å². The zero-order valence-electron chi connectivity index (χ0n) is 12.7. The number of ether oxygens (including phenoxy) is 1. The molecule has 0 N–H and O–H groups in total. The van der Waals surface area contributed by atoms with E-state index in [0.29, 0.717) is 13.0 Å². The van der Waals surface area contributed by atoms with Crippen LogP contribution in [0, 0.1) is 0 Å². The summed E-state index contributed by atoms with van der Waals surface area (Å²) < 4.78 is 34.3. The summed E-state index contributed by atoms with van der Waals surface area (Å²) in [6, 6.07) is 8.53. The zero-order valence-corrected chi connectivity index (χ0v) is 15.1. The van der Waals surface area contributed by atoms with Gasteiger partial charge in [0.25, 0.3) is 10.1 Å². The molecule has 2 heterocycles. The Morgan fingerprint density at radius 1 is 1.18 bits per heavy atom. The van der Waals surface area contributed by atoms with Crippen molar-refractivity contribution < 1.29 is 17.3 Å². The highest BCUT2D eigenvalue weighted by Gasteiger charge is 2.50. The minimum Gasteiger partial charge on any atom is -0.374 e. The van der Waals surface area contributed by atoms with Crippen LogP contribution in [0.25, 0.3) is 0 Å². The number of rotatable bonds is 5. The third kappa shape index (κ3) is 3.40. The van der Waals surface area contributed by atoms with Crippen LogP contribution in [0.1, 0.15) is 37.7 Å². The second kappa shape index (κ2) is 5.89. The largest absolute Gasteiger partial charge is 0.374 e. The molecule has 122 valence electrons. The molecule has 2 saturated heterocycles. The fourth-order valence-corrected chi connectivity index (χ4v) is 4.29. The molecule has 0 aromatic heterocycles. The molecule has 6 heteroatoms. The molecule has 4 rings (SSSR count). The van der Waals surface area contributed by atoms with Crippen LogP contribution in [0.2, 0.25) is 0 Å². The van der Waals surface area contributed by atoms with Crippen molar-refractivity contribution in [2.45, 2.75) is 43.1 Å². The molecular weight excluding hydrogens is 368 g/mol. The Morgan fingerprint density at radius 2 is 1.82 bits per heavy atom. The summed E-state index contributed by atoms with van der Waals surface area (Å²) in [5.74, 6) is 0. The van der Waals surface area contributed by atoms with E-state index < -0.39 is 10.1 Å². The smallest absolute Gasteiger partial charge is 0.264 e. The molecule has 3 fully saturated rings. The SMILES string of the molecule is CS(=O)(=O)OCCC12CCC(c3ccc(Br)cc3)(CC1)CO2. The third-order valence-corrected chi connectivity index (χ3v) is 6.21. The van der Waals surface area contributed by atoms with E-state index in [0.717, 1.165) is 36.4 Å². The molecule has 1 saturated carbocycles. The summed E-state index contributed by atoms with van der Waals surface area (Å²) in [4.78, 5) is 0. The Labute approximate surface area is 140 Å². The third-order valence-electron chi connectivity index (χ3n) is 5.08. The van der Waals surface area contributed by atoms with Gasteiger partial charge in [0, 0.05) is 16.3 Å². The van der Waals surface area contributed by atoms with Gasteiger partial charge >= 0.3 is 0 Å². The highest BCUT2D eigenvalue weighted by atomic mass is 79.9. The average Bonchev–Trinajstić information content (AvgIpc) is 2.48. The monoisotopic (exact) mass is 388 g/mol. The van der Waals surface area contributed by atoms with Crippen molar-refractivity contribution in [1.29, 1.82) is 0 Å². The molecule has 1 aromatic rings. The minimum atomic E-state index is -3.37. The highest BCUT2D eigenvalue weighted by molar-refractivity contribution is 9.10. The Balaban J connectivity index is 1.65. The van der Waals surface area contributed by atoms with Crippen LogP contribution in [-0.2, 0) is 24.5 Å². The normalized spacial score (nSPS) is 31.4. The van der Waals surface area contributed by atoms with Crippen molar-refractivity contribution in [2.75, 3.05) is 19.5 Å². The summed E-state index contributed by atoms with van der Waals surface area (Å²) in [6.45, 7) is 0.928. The lowest BCUT2D eigenvalue weighted by Crippen LogP contribution is -2.53. The lowest BCUT2D eigenvalue weighted by molar-refractivity contribution is -0.163. The fourth-order valence-electron chi connectivity index (χ4n) is 3.64. The van der Waals surface area contributed by atoms with E-state index in [2.05, 4.69) is 40.2 Å². The Hall–Kier alpha value is -0.430. The van der Waals surface area contributed by atoms with Gasteiger partial charge in [-0.15, -0.1) is 0 Å². The van der Waals surface area contributed by atoms with Crippen LogP contribution in [0.4, 0.5) is 0 Å². The van der Waals surface area contributed by atoms with Gasteiger partial charge in [0.1, 0.15) is 0 Å². The second-order valence-electron chi connectivity index (χ2n) is 6.54. The van der Waals surface area contributed by atoms with Crippen LogP contribution in [0.15, 0.2) is 28.7 Å². The second-order valence-corrected chi connectivity index (χ2v) is 9.09. The minimum absolute atomic E-state index is 0.125. The maximum absolute atomic E-state index is 11.1. The van der Waals surface area contributed by atoms with E-state index in [9.17, 15) is 8.42 Å². The van der Waals surface area contributed by atoms with E-state index in [4.69, 9.17) is 8.92 Å².